The average molecular weight is 423 g/mol. The molecule has 0 atom stereocenters. The maximum Gasteiger partial charge on any atom is 0.434 e. The molecule has 0 spiro atoms. The molecule has 11 heteroatoms. The second-order valence-corrected chi connectivity index (χ2v) is 7.23. The zero-order valence-corrected chi connectivity index (χ0v) is 15.5. The van der Waals surface area contributed by atoms with Gasteiger partial charge in [-0.1, -0.05) is 17.7 Å². The van der Waals surface area contributed by atoms with Crippen LogP contribution in [0.5, 0.6) is 0 Å². The summed E-state index contributed by atoms with van der Waals surface area (Å²) in [6, 6.07) is 3.73. The molecule has 1 fully saturated rings. The molecule has 1 saturated heterocycles. The number of hydrogen-bond donors (Lipinski definition) is 1. The molecule has 0 bridgehead atoms. The number of benzene rings is 1. The molecule has 0 saturated carbocycles. The van der Waals surface area contributed by atoms with Gasteiger partial charge in [0.15, 0.2) is 10.8 Å². The molecule has 0 aliphatic carbocycles. The maximum absolute atomic E-state index is 13.1. The number of thiazole rings is 1. The lowest BCUT2D eigenvalue weighted by Crippen LogP contribution is -2.49. The second-order valence-electron chi connectivity index (χ2n) is 5.96. The third-order valence-electron chi connectivity index (χ3n) is 4.08. The van der Waals surface area contributed by atoms with Crippen LogP contribution in [0.2, 0.25) is 5.02 Å². The molecule has 1 aromatic heterocycles. The Kier molecular flexibility index (Phi) is 5.87. The normalized spacial score (nSPS) is 15.8. The van der Waals surface area contributed by atoms with Crippen molar-refractivity contribution in [2.75, 3.05) is 31.5 Å². The van der Waals surface area contributed by atoms with Gasteiger partial charge in [-0.3, -0.25) is 10.2 Å². The molecule has 5 nitrogen and oxygen atoms in total. The van der Waals surface area contributed by atoms with Crippen LogP contribution >= 0.6 is 22.9 Å². The number of anilines is 1. The van der Waals surface area contributed by atoms with Crippen LogP contribution in [0.15, 0.2) is 23.6 Å². The number of rotatable bonds is 3. The van der Waals surface area contributed by atoms with Gasteiger partial charge in [0.2, 0.25) is 0 Å². The number of aromatic nitrogens is 1. The summed E-state index contributed by atoms with van der Waals surface area (Å²) in [5.74, 6) is -0.402. The van der Waals surface area contributed by atoms with Crippen LogP contribution in [0.3, 0.4) is 0 Å². The van der Waals surface area contributed by atoms with Gasteiger partial charge in [-0.05, 0) is 17.7 Å². The first-order valence-electron chi connectivity index (χ1n) is 7.97. The zero-order valence-electron chi connectivity index (χ0n) is 13.9. The van der Waals surface area contributed by atoms with Gasteiger partial charge in [-0.25, -0.2) is 14.2 Å². The SMILES string of the molecule is O=C(Nc1nc(C(F)(F)F)cs1)N1CCN(Cc2ccc(F)cc2Cl)CC1. The Labute approximate surface area is 161 Å². The highest BCUT2D eigenvalue weighted by Gasteiger charge is 2.34. The van der Waals surface area contributed by atoms with E-state index in [1.807, 2.05) is 0 Å². The van der Waals surface area contributed by atoms with Crippen LogP contribution in [-0.4, -0.2) is 47.0 Å². The Hall–Kier alpha value is -1.91. The lowest BCUT2D eigenvalue weighted by molar-refractivity contribution is -0.140. The van der Waals surface area contributed by atoms with Gasteiger partial charge in [0.1, 0.15) is 5.82 Å². The Bertz CT molecular complexity index is 821. The summed E-state index contributed by atoms with van der Waals surface area (Å²) < 4.78 is 50.7. The van der Waals surface area contributed by atoms with Crippen molar-refractivity contribution in [3.05, 3.63) is 45.7 Å². The van der Waals surface area contributed by atoms with E-state index in [0.29, 0.717) is 37.7 Å². The molecule has 3 rings (SSSR count). The van der Waals surface area contributed by atoms with Gasteiger partial charge in [-0.15, -0.1) is 11.3 Å². The number of amides is 2. The largest absolute Gasteiger partial charge is 0.434 e. The Balaban J connectivity index is 1.51. The van der Waals surface area contributed by atoms with Gasteiger partial charge in [0.25, 0.3) is 0 Å². The van der Waals surface area contributed by atoms with Crippen LogP contribution in [0.25, 0.3) is 0 Å². The van der Waals surface area contributed by atoms with Gasteiger partial charge in [0, 0.05) is 43.1 Å². The number of carbonyl (C=O) groups excluding carboxylic acids is 1. The maximum atomic E-state index is 13.1. The van der Waals surface area contributed by atoms with E-state index in [1.165, 1.54) is 17.0 Å². The summed E-state index contributed by atoms with van der Waals surface area (Å²) in [6.45, 7) is 2.46. The average Bonchev–Trinajstić information content (AvgIpc) is 3.07. The van der Waals surface area contributed by atoms with Crippen molar-refractivity contribution in [1.29, 1.82) is 0 Å². The van der Waals surface area contributed by atoms with Crippen molar-refractivity contribution in [3.8, 4) is 0 Å². The van der Waals surface area contributed by atoms with Crippen LogP contribution in [-0.2, 0) is 12.7 Å². The molecule has 1 aliphatic rings. The predicted molar refractivity (Wildman–Crippen MR) is 94.4 cm³/mol. The van der Waals surface area contributed by atoms with E-state index in [4.69, 9.17) is 11.6 Å². The van der Waals surface area contributed by atoms with E-state index in [2.05, 4.69) is 15.2 Å². The van der Waals surface area contributed by atoms with Crippen molar-refractivity contribution >= 4 is 34.1 Å². The monoisotopic (exact) mass is 422 g/mol. The van der Waals surface area contributed by atoms with Crippen LogP contribution in [0, 0.1) is 5.82 Å². The Morgan fingerprint density at radius 2 is 1.96 bits per heavy atom. The third-order valence-corrected chi connectivity index (χ3v) is 5.19. The minimum absolute atomic E-state index is 0.0900. The number of halogens is 5. The number of hydrogen-bond acceptors (Lipinski definition) is 4. The Morgan fingerprint density at radius 3 is 2.56 bits per heavy atom. The summed E-state index contributed by atoms with van der Waals surface area (Å²) in [6.07, 6.45) is -4.53. The summed E-state index contributed by atoms with van der Waals surface area (Å²) in [5, 5.41) is 3.51. The highest BCUT2D eigenvalue weighted by Crippen LogP contribution is 2.31. The molecule has 1 N–H and O–H groups in total. The molecule has 1 aliphatic heterocycles. The summed E-state index contributed by atoms with van der Waals surface area (Å²) in [4.78, 5) is 19.2. The molecule has 0 radical (unpaired) electrons. The number of carbonyl (C=O) groups is 1. The van der Waals surface area contributed by atoms with E-state index in [0.717, 1.165) is 22.3 Å². The fraction of sp³-hybridized carbons (Fsp3) is 0.375. The molecular weight excluding hydrogens is 408 g/mol. The van der Waals surface area contributed by atoms with Crippen molar-refractivity contribution in [3.63, 3.8) is 0 Å². The quantitative estimate of drug-likeness (QED) is 0.750. The minimum Gasteiger partial charge on any atom is -0.322 e. The standard InChI is InChI=1S/C16H15ClF4N4OS/c17-12-7-11(18)2-1-10(12)8-24-3-5-25(6-4-24)15(26)23-14-22-13(9-27-14)16(19,20)21/h1-2,7,9H,3-6,8H2,(H,22,23,26). The lowest BCUT2D eigenvalue weighted by atomic mass is 10.2. The number of alkyl halides is 3. The molecule has 2 heterocycles. The van der Waals surface area contributed by atoms with Crippen LogP contribution in [0.4, 0.5) is 27.5 Å². The van der Waals surface area contributed by atoms with Crippen molar-refractivity contribution in [2.45, 2.75) is 12.7 Å². The van der Waals surface area contributed by atoms with Gasteiger partial charge < -0.3 is 4.90 Å². The van der Waals surface area contributed by atoms with Gasteiger partial charge in [0.05, 0.1) is 0 Å². The van der Waals surface area contributed by atoms with Gasteiger partial charge >= 0.3 is 12.2 Å². The van der Waals surface area contributed by atoms with E-state index >= 15 is 0 Å². The lowest BCUT2D eigenvalue weighted by Gasteiger charge is -2.34. The summed E-state index contributed by atoms with van der Waals surface area (Å²) in [7, 11) is 0. The smallest absolute Gasteiger partial charge is 0.322 e. The first kappa shape index (κ1) is 19.8. The summed E-state index contributed by atoms with van der Waals surface area (Å²) >= 11 is 6.75. The topological polar surface area (TPSA) is 48.5 Å². The zero-order chi connectivity index (χ0) is 19.6. The number of nitrogens with zero attached hydrogens (tertiary/aromatic N) is 3. The molecule has 27 heavy (non-hydrogen) atoms. The fourth-order valence-electron chi connectivity index (χ4n) is 2.63. The first-order chi connectivity index (χ1) is 12.7. The van der Waals surface area contributed by atoms with E-state index in [9.17, 15) is 22.4 Å². The van der Waals surface area contributed by atoms with Crippen molar-refractivity contribution in [1.82, 2.24) is 14.8 Å². The number of piperazine rings is 1. The van der Waals surface area contributed by atoms with Crippen molar-refractivity contribution in [2.24, 2.45) is 0 Å². The molecule has 2 aromatic rings. The first-order valence-corrected chi connectivity index (χ1v) is 9.23. The fourth-order valence-corrected chi connectivity index (χ4v) is 3.57. The second kappa shape index (κ2) is 7.99. The molecule has 0 unspecified atom stereocenters. The van der Waals surface area contributed by atoms with Crippen LogP contribution < -0.4 is 5.32 Å². The van der Waals surface area contributed by atoms with Crippen molar-refractivity contribution < 1.29 is 22.4 Å². The number of nitrogens with one attached hydrogen (secondary N) is 1. The minimum atomic E-state index is -4.53. The van der Waals surface area contributed by atoms with Gasteiger partial charge in [-0.2, -0.15) is 13.2 Å². The molecule has 1 aromatic carbocycles. The molecular formula is C16H15ClF4N4OS. The molecule has 2 amide bonds. The molecule has 146 valence electrons. The van der Waals surface area contributed by atoms with E-state index in [1.54, 1.807) is 6.07 Å². The predicted octanol–water partition coefficient (Wildman–Crippen LogP) is 4.30. The van der Waals surface area contributed by atoms with Crippen LogP contribution in [0.1, 0.15) is 11.3 Å². The van der Waals surface area contributed by atoms with E-state index < -0.39 is 23.7 Å². The van der Waals surface area contributed by atoms with E-state index in [-0.39, 0.29) is 5.13 Å². The summed E-state index contributed by atoms with van der Waals surface area (Å²) in [5.41, 5.74) is -0.234. The highest BCUT2D eigenvalue weighted by atomic mass is 35.5. The Morgan fingerprint density at radius 1 is 1.26 bits per heavy atom. The third kappa shape index (κ3) is 5.08. The number of urea groups is 1. The highest BCUT2D eigenvalue weighted by molar-refractivity contribution is 7.13.